The number of hydrogen-bond donors (Lipinski definition) is 1. The van der Waals surface area contributed by atoms with E-state index in [0.29, 0.717) is 13.0 Å². The van der Waals surface area contributed by atoms with Crippen LogP contribution in [0.1, 0.15) is 43.7 Å². The molecule has 4 nitrogen and oxygen atoms in total. The Morgan fingerprint density at radius 2 is 1.78 bits per heavy atom. The molecule has 144 valence electrons. The van der Waals surface area contributed by atoms with Crippen LogP contribution in [0.15, 0.2) is 48.5 Å². The second-order valence-electron chi connectivity index (χ2n) is 7.21. The molecule has 0 aliphatic carbocycles. The molecule has 0 radical (unpaired) electrons. The van der Waals surface area contributed by atoms with Gasteiger partial charge in [-0.05, 0) is 61.9 Å². The molecular weight excluding hydrogens is 336 g/mol. The molecule has 2 aromatic carbocycles. The molecule has 1 N–H and O–H groups in total. The van der Waals surface area contributed by atoms with Crippen molar-refractivity contribution in [1.29, 1.82) is 0 Å². The second-order valence-corrected chi connectivity index (χ2v) is 7.21. The monoisotopic (exact) mass is 366 g/mol. The molecule has 1 saturated heterocycles. The second kappa shape index (κ2) is 9.45. The van der Waals surface area contributed by atoms with Gasteiger partial charge in [0.25, 0.3) is 5.91 Å². The third-order valence-corrected chi connectivity index (χ3v) is 5.15. The van der Waals surface area contributed by atoms with Crippen molar-refractivity contribution in [1.82, 2.24) is 5.32 Å². The average Bonchev–Trinajstić information content (AvgIpc) is 2.72. The van der Waals surface area contributed by atoms with E-state index in [0.717, 1.165) is 30.0 Å². The van der Waals surface area contributed by atoms with Crippen LogP contribution in [0.4, 0.5) is 5.69 Å². The average molecular weight is 367 g/mol. The number of para-hydroxylation sites is 1. The van der Waals surface area contributed by atoms with Gasteiger partial charge in [-0.25, -0.2) is 0 Å². The first-order valence-corrected chi connectivity index (χ1v) is 10.0. The SMILES string of the molecule is CC[C@@H](Oc1ccccc1C)C(=O)NCc1ccc(N2CCCCC2)cc1. The summed E-state index contributed by atoms with van der Waals surface area (Å²) < 4.78 is 5.92. The van der Waals surface area contributed by atoms with E-state index in [2.05, 4.69) is 34.5 Å². The Bertz CT molecular complexity index is 736. The zero-order valence-corrected chi connectivity index (χ0v) is 16.4. The Morgan fingerprint density at radius 1 is 1.07 bits per heavy atom. The summed E-state index contributed by atoms with van der Waals surface area (Å²) in [5, 5.41) is 3.01. The summed E-state index contributed by atoms with van der Waals surface area (Å²) in [6, 6.07) is 16.3. The lowest BCUT2D eigenvalue weighted by atomic mass is 10.1. The van der Waals surface area contributed by atoms with E-state index >= 15 is 0 Å². The summed E-state index contributed by atoms with van der Waals surface area (Å²) in [5.41, 5.74) is 3.42. The van der Waals surface area contributed by atoms with Crippen LogP contribution in [0.5, 0.6) is 5.75 Å². The number of amides is 1. The largest absolute Gasteiger partial charge is 0.480 e. The summed E-state index contributed by atoms with van der Waals surface area (Å²) in [4.78, 5) is 15.0. The molecule has 1 aliphatic heterocycles. The Morgan fingerprint density at radius 3 is 2.44 bits per heavy atom. The topological polar surface area (TPSA) is 41.6 Å². The first kappa shape index (κ1) is 19.3. The van der Waals surface area contributed by atoms with Crippen molar-refractivity contribution < 1.29 is 9.53 Å². The van der Waals surface area contributed by atoms with Crippen molar-refractivity contribution in [3.8, 4) is 5.75 Å². The predicted octanol–water partition coefficient (Wildman–Crippen LogP) is 4.46. The van der Waals surface area contributed by atoms with Gasteiger partial charge in [0.1, 0.15) is 5.75 Å². The molecule has 4 heteroatoms. The van der Waals surface area contributed by atoms with E-state index in [4.69, 9.17) is 4.74 Å². The number of nitrogens with one attached hydrogen (secondary N) is 1. The van der Waals surface area contributed by atoms with Crippen LogP contribution in [0.25, 0.3) is 0 Å². The Hall–Kier alpha value is -2.49. The summed E-state index contributed by atoms with van der Waals surface area (Å²) in [7, 11) is 0. The molecule has 0 saturated carbocycles. The molecule has 1 amide bonds. The van der Waals surface area contributed by atoms with Gasteiger partial charge in [-0.3, -0.25) is 4.79 Å². The smallest absolute Gasteiger partial charge is 0.261 e. The van der Waals surface area contributed by atoms with Gasteiger partial charge in [0.05, 0.1) is 0 Å². The molecule has 0 spiro atoms. The highest BCUT2D eigenvalue weighted by atomic mass is 16.5. The quantitative estimate of drug-likeness (QED) is 0.787. The van der Waals surface area contributed by atoms with Crippen LogP contribution in [0.2, 0.25) is 0 Å². The van der Waals surface area contributed by atoms with Gasteiger partial charge >= 0.3 is 0 Å². The zero-order valence-electron chi connectivity index (χ0n) is 16.4. The van der Waals surface area contributed by atoms with Crippen LogP contribution in [-0.4, -0.2) is 25.1 Å². The summed E-state index contributed by atoms with van der Waals surface area (Å²) in [6.45, 7) is 6.77. The van der Waals surface area contributed by atoms with Gasteiger partial charge in [-0.15, -0.1) is 0 Å². The molecule has 3 rings (SSSR count). The van der Waals surface area contributed by atoms with Crippen molar-refractivity contribution in [2.45, 2.75) is 52.2 Å². The number of hydrogen-bond acceptors (Lipinski definition) is 3. The number of aryl methyl sites for hydroxylation is 1. The van der Waals surface area contributed by atoms with Crippen molar-refractivity contribution >= 4 is 11.6 Å². The van der Waals surface area contributed by atoms with E-state index < -0.39 is 6.10 Å². The van der Waals surface area contributed by atoms with Crippen LogP contribution in [0, 0.1) is 6.92 Å². The lowest BCUT2D eigenvalue weighted by Crippen LogP contribution is -2.37. The molecule has 2 aromatic rings. The lowest BCUT2D eigenvalue weighted by molar-refractivity contribution is -0.128. The van der Waals surface area contributed by atoms with Gasteiger partial charge in [-0.2, -0.15) is 0 Å². The fourth-order valence-corrected chi connectivity index (χ4v) is 3.44. The van der Waals surface area contributed by atoms with Crippen molar-refractivity contribution in [2.24, 2.45) is 0 Å². The molecule has 0 aromatic heterocycles. The number of ether oxygens (including phenoxy) is 1. The molecule has 0 unspecified atom stereocenters. The third-order valence-electron chi connectivity index (χ3n) is 5.15. The van der Waals surface area contributed by atoms with Crippen LogP contribution < -0.4 is 15.0 Å². The number of carbonyl (C=O) groups excluding carboxylic acids is 1. The zero-order chi connectivity index (χ0) is 19.1. The Kier molecular flexibility index (Phi) is 6.74. The number of carbonyl (C=O) groups is 1. The summed E-state index contributed by atoms with van der Waals surface area (Å²) in [6.07, 6.45) is 4.05. The van der Waals surface area contributed by atoms with Gasteiger partial charge in [0.2, 0.25) is 0 Å². The van der Waals surface area contributed by atoms with Crippen molar-refractivity contribution in [3.63, 3.8) is 0 Å². The highest BCUT2D eigenvalue weighted by Crippen LogP contribution is 2.21. The van der Waals surface area contributed by atoms with Crippen molar-refractivity contribution in [3.05, 3.63) is 59.7 Å². The van der Waals surface area contributed by atoms with E-state index in [1.54, 1.807) is 0 Å². The van der Waals surface area contributed by atoms with E-state index in [9.17, 15) is 4.79 Å². The van der Waals surface area contributed by atoms with Gasteiger partial charge in [-0.1, -0.05) is 37.3 Å². The maximum atomic E-state index is 12.5. The minimum absolute atomic E-state index is 0.0686. The molecule has 1 aliphatic rings. The first-order chi connectivity index (χ1) is 13.2. The standard InChI is InChI=1S/C23H30N2O2/c1-3-21(27-22-10-6-5-9-18(22)2)23(26)24-17-19-11-13-20(14-12-19)25-15-7-4-8-16-25/h5-6,9-14,21H,3-4,7-8,15-17H2,1-2H3,(H,24,26)/t21-/m1/s1. The van der Waals surface area contributed by atoms with Crippen LogP contribution in [0.3, 0.4) is 0 Å². The van der Waals surface area contributed by atoms with E-state index in [1.807, 2.05) is 38.1 Å². The van der Waals surface area contributed by atoms with E-state index in [1.165, 1.54) is 24.9 Å². The molecular formula is C23H30N2O2. The third kappa shape index (κ3) is 5.25. The summed E-state index contributed by atoms with van der Waals surface area (Å²) >= 11 is 0. The molecule has 1 fully saturated rings. The highest BCUT2D eigenvalue weighted by Gasteiger charge is 2.19. The number of nitrogens with zero attached hydrogens (tertiary/aromatic N) is 1. The molecule has 1 atom stereocenters. The Labute approximate surface area is 162 Å². The van der Waals surface area contributed by atoms with Crippen LogP contribution in [-0.2, 0) is 11.3 Å². The lowest BCUT2D eigenvalue weighted by Gasteiger charge is -2.28. The maximum absolute atomic E-state index is 12.5. The van der Waals surface area contributed by atoms with Crippen molar-refractivity contribution in [2.75, 3.05) is 18.0 Å². The number of rotatable bonds is 7. The number of piperidine rings is 1. The van der Waals surface area contributed by atoms with Gasteiger partial charge in [0, 0.05) is 25.3 Å². The first-order valence-electron chi connectivity index (χ1n) is 10.0. The fraction of sp³-hybridized carbons (Fsp3) is 0.435. The van der Waals surface area contributed by atoms with E-state index in [-0.39, 0.29) is 5.91 Å². The predicted molar refractivity (Wildman–Crippen MR) is 110 cm³/mol. The number of benzene rings is 2. The minimum atomic E-state index is -0.473. The molecule has 0 bridgehead atoms. The normalized spacial score (nSPS) is 15.3. The van der Waals surface area contributed by atoms with Gasteiger partial charge in [0.15, 0.2) is 6.10 Å². The minimum Gasteiger partial charge on any atom is -0.480 e. The molecule has 1 heterocycles. The maximum Gasteiger partial charge on any atom is 0.261 e. The van der Waals surface area contributed by atoms with Gasteiger partial charge < -0.3 is 15.0 Å². The highest BCUT2D eigenvalue weighted by molar-refractivity contribution is 5.81. The fourth-order valence-electron chi connectivity index (χ4n) is 3.44. The Balaban J connectivity index is 1.53. The number of anilines is 1. The summed E-state index contributed by atoms with van der Waals surface area (Å²) in [5.74, 6) is 0.700. The van der Waals surface area contributed by atoms with Crippen LogP contribution >= 0.6 is 0 Å². The molecule has 27 heavy (non-hydrogen) atoms.